The minimum Gasteiger partial charge on any atom is -0.247 e. The highest BCUT2D eigenvalue weighted by molar-refractivity contribution is 14.1. The highest BCUT2D eigenvalue weighted by atomic mass is 127. The van der Waals surface area contributed by atoms with Crippen molar-refractivity contribution in [3.8, 4) is 0 Å². The molecular formula is C5H12INO2S. The Morgan fingerprint density at radius 3 is 2.10 bits per heavy atom. The summed E-state index contributed by atoms with van der Waals surface area (Å²) in [6.45, 7) is 1.88. The lowest BCUT2D eigenvalue weighted by Gasteiger charge is -2.15. The number of rotatable bonds is 3. The average Bonchev–Trinajstić information content (AvgIpc) is 1.60. The van der Waals surface area contributed by atoms with Crippen LogP contribution in [-0.4, -0.2) is 36.6 Å². The molecule has 0 fully saturated rings. The van der Waals surface area contributed by atoms with E-state index in [4.69, 9.17) is 0 Å². The van der Waals surface area contributed by atoms with Crippen LogP contribution in [0.4, 0.5) is 0 Å². The van der Waals surface area contributed by atoms with Gasteiger partial charge < -0.3 is 0 Å². The molecule has 0 aromatic rings. The minimum atomic E-state index is -2.81. The second kappa shape index (κ2) is 3.87. The third-order valence-corrected chi connectivity index (χ3v) is 3.19. The molecule has 0 saturated heterocycles. The summed E-state index contributed by atoms with van der Waals surface area (Å²) in [5, 5.41) is 0. The quantitative estimate of drug-likeness (QED) is 0.563. The first-order valence-electron chi connectivity index (χ1n) is 2.89. The smallest absolute Gasteiger partial charge is 0.149 e. The van der Waals surface area contributed by atoms with Crippen LogP contribution in [0.1, 0.15) is 6.92 Å². The van der Waals surface area contributed by atoms with Crippen molar-refractivity contribution in [1.82, 2.24) is 3.11 Å². The zero-order valence-corrected chi connectivity index (χ0v) is 9.31. The zero-order chi connectivity index (χ0) is 8.36. The van der Waals surface area contributed by atoms with Crippen molar-refractivity contribution in [3.05, 3.63) is 0 Å². The fourth-order valence-corrected chi connectivity index (χ4v) is 2.10. The topological polar surface area (TPSA) is 37.4 Å². The molecule has 0 aliphatic carbocycles. The summed E-state index contributed by atoms with van der Waals surface area (Å²) in [7, 11) is -0.957. The predicted molar refractivity (Wildman–Crippen MR) is 51.0 cm³/mol. The summed E-state index contributed by atoms with van der Waals surface area (Å²) in [6, 6.07) is 0.0931. The molecule has 0 aromatic carbocycles. The van der Waals surface area contributed by atoms with Crippen LogP contribution in [0, 0.1) is 0 Å². The molecule has 0 N–H and O–H groups in total. The molecule has 0 radical (unpaired) electrons. The monoisotopic (exact) mass is 277 g/mol. The molecule has 0 saturated carbocycles. The largest absolute Gasteiger partial charge is 0.247 e. The van der Waals surface area contributed by atoms with Gasteiger partial charge in [-0.15, -0.1) is 0 Å². The van der Waals surface area contributed by atoms with Gasteiger partial charge in [-0.25, -0.2) is 11.5 Å². The zero-order valence-electron chi connectivity index (χ0n) is 6.33. The van der Waals surface area contributed by atoms with Gasteiger partial charge >= 0.3 is 0 Å². The molecule has 0 heterocycles. The Hall–Kier alpha value is 0.640. The van der Waals surface area contributed by atoms with Crippen LogP contribution in [0.25, 0.3) is 0 Å². The maximum atomic E-state index is 10.7. The summed E-state index contributed by atoms with van der Waals surface area (Å²) >= 11 is 2.08. The SMILES string of the molecule is CC(CS(C)(=O)=O)N(C)I. The van der Waals surface area contributed by atoms with Gasteiger partial charge in [0.2, 0.25) is 0 Å². The van der Waals surface area contributed by atoms with E-state index in [9.17, 15) is 8.42 Å². The van der Waals surface area contributed by atoms with E-state index in [1.165, 1.54) is 6.26 Å². The van der Waals surface area contributed by atoms with Gasteiger partial charge in [0.1, 0.15) is 9.84 Å². The van der Waals surface area contributed by atoms with Gasteiger partial charge in [0.15, 0.2) is 0 Å². The van der Waals surface area contributed by atoms with E-state index >= 15 is 0 Å². The van der Waals surface area contributed by atoms with E-state index in [-0.39, 0.29) is 11.8 Å². The standard InChI is InChI=1S/C5H12INO2S/c1-5(7(2)6)4-10(3,8)9/h5H,4H2,1-3H3. The maximum Gasteiger partial charge on any atom is 0.149 e. The molecule has 0 bridgehead atoms. The fraction of sp³-hybridized carbons (Fsp3) is 1.00. The van der Waals surface area contributed by atoms with E-state index in [0.717, 1.165) is 0 Å². The van der Waals surface area contributed by atoms with Gasteiger partial charge in [-0.3, -0.25) is 0 Å². The Balaban J connectivity index is 3.93. The van der Waals surface area contributed by atoms with Crippen LogP contribution in [-0.2, 0) is 9.84 Å². The Bertz CT molecular complexity index is 188. The first kappa shape index (κ1) is 10.6. The van der Waals surface area contributed by atoms with E-state index in [2.05, 4.69) is 22.9 Å². The lowest BCUT2D eigenvalue weighted by Crippen LogP contribution is -2.27. The Morgan fingerprint density at radius 2 is 2.00 bits per heavy atom. The molecule has 3 nitrogen and oxygen atoms in total. The normalized spacial score (nSPS) is 15.7. The molecule has 5 heteroatoms. The summed E-state index contributed by atoms with van der Waals surface area (Å²) in [6.07, 6.45) is 1.25. The molecule has 0 rings (SSSR count). The molecule has 0 aromatic heterocycles. The summed E-state index contributed by atoms with van der Waals surface area (Å²) in [5.41, 5.74) is 0. The van der Waals surface area contributed by atoms with Gasteiger partial charge in [0.25, 0.3) is 0 Å². The van der Waals surface area contributed by atoms with Crippen molar-refractivity contribution in [2.75, 3.05) is 19.1 Å². The molecule has 0 aliphatic heterocycles. The second-order valence-corrected chi connectivity index (χ2v) is 6.17. The van der Waals surface area contributed by atoms with E-state index < -0.39 is 9.84 Å². The van der Waals surface area contributed by atoms with E-state index in [0.29, 0.717) is 0 Å². The van der Waals surface area contributed by atoms with Crippen molar-refractivity contribution < 1.29 is 8.42 Å². The number of halogens is 1. The number of hydrogen-bond donors (Lipinski definition) is 0. The van der Waals surface area contributed by atoms with Crippen LogP contribution in [0.5, 0.6) is 0 Å². The van der Waals surface area contributed by atoms with Crippen molar-refractivity contribution in [3.63, 3.8) is 0 Å². The molecule has 0 aliphatic rings. The van der Waals surface area contributed by atoms with Crippen LogP contribution in [0.2, 0.25) is 0 Å². The Labute approximate surface area is 76.2 Å². The fourth-order valence-electron chi connectivity index (χ4n) is 0.541. The van der Waals surface area contributed by atoms with Crippen LogP contribution in [0.3, 0.4) is 0 Å². The number of nitrogens with zero attached hydrogens (tertiary/aromatic N) is 1. The van der Waals surface area contributed by atoms with Crippen molar-refractivity contribution in [2.24, 2.45) is 0 Å². The molecule has 0 spiro atoms. The van der Waals surface area contributed by atoms with Gasteiger partial charge in [-0.2, -0.15) is 0 Å². The second-order valence-electron chi connectivity index (χ2n) is 2.47. The number of sulfone groups is 1. The van der Waals surface area contributed by atoms with Crippen molar-refractivity contribution in [2.45, 2.75) is 13.0 Å². The molecule has 62 valence electrons. The van der Waals surface area contributed by atoms with Gasteiger partial charge in [-0.05, 0) is 14.0 Å². The lowest BCUT2D eigenvalue weighted by molar-refractivity contribution is 0.498. The first-order valence-corrected chi connectivity index (χ1v) is 5.92. The summed E-state index contributed by atoms with van der Waals surface area (Å²) in [5.74, 6) is 0.229. The van der Waals surface area contributed by atoms with Crippen LogP contribution in [0.15, 0.2) is 0 Å². The van der Waals surface area contributed by atoms with Gasteiger partial charge in [0, 0.05) is 35.2 Å². The van der Waals surface area contributed by atoms with E-state index in [1.807, 2.05) is 17.1 Å². The maximum absolute atomic E-state index is 10.7. The van der Waals surface area contributed by atoms with Gasteiger partial charge in [0.05, 0.1) is 5.75 Å². The van der Waals surface area contributed by atoms with Crippen LogP contribution < -0.4 is 0 Å². The molecule has 10 heavy (non-hydrogen) atoms. The third kappa shape index (κ3) is 5.43. The predicted octanol–water partition coefficient (Wildman–Crippen LogP) is 0.701. The van der Waals surface area contributed by atoms with Crippen molar-refractivity contribution in [1.29, 1.82) is 0 Å². The molecule has 1 atom stereocenters. The molecule has 0 amide bonds. The summed E-state index contributed by atoms with van der Waals surface area (Å²) < 4.78 is 23.3. The highest BCUT2D eigenvalue weighted by Crippen LogP contribution is 2.03. The summed E-state index contributed by atoms with van der Waals surface area (Å²) in [4.78, 5) is 0. The first-order chi connectivity index (χ1) is 4.33. The molecule has 1 unspecified atom stereocenters. The lowest BCUT2D eigenvalue weighted by atomic mass is 10.4. The Kier molecular flexibility index (Phi) is 4.12. The Morgan fingerprint density at radius 1 is 1.60 bits per heavy atom. The average molecular weight is 277 g/mol. The third-order valence-electron chi connectivity index (χ3n) is 1.15. The highest BCUT2D eigenvalue weighted by Gasteiger charge is 2.12. The van der Waals surface area contributed by atoms with Gasteiger partial charge in [-0.1, -0.05) is 0 Å². The van der Waals surface area contributed by atoms with Crippen molar-refractivity contribution >= 4 is 32.7 Å². The molecular weight excluding hydrogens is 265 g/mol. The van der Waals surface area contributed by atoms with E-state index in [1.54, 1.807) is 0 Å². The number of hydrogen-bond acceptors (Lipinski definition) is 3. The minimum absolute atomic E-state index is 0.0931. The van der Waals surface area contributed by atoms with Crippen LogP contribution >= 0.6 is 22.9 Å².